The molecule has 2 nitrogen and oxygen atoms in total. The molecule has 3 unspecified atom stereocenters. The Morgan fingerprint density at radius 3 is 2.79 bits per heavy atom. The maximum Gasteiger partial charge on any atom is 0.146 e. The minimum Gasteiger partial charge on any atom is -0.298 e. The molecule has 0 aromatic rings. The normalized spacial score (nSPS) is 43.4. The van der Waals surface area contributed by atoms with Gasteiger partial charge in [0.05, 0.1) is 6.54 Å². The van der Waals surface area contributed by atoms with E-state index in [0.717, 1.165) is 37.3 Å². The molecule has 0 radical (unpaired) electrons. The minimum atomic E-state index is 0.471. The van der Waals surface area contributed by atoms with Crippen LogP contribution in [0.4, 0.5) is 0 Å². The number of hydrogen-bond donors (Lipinski definition) is 0. The fraction of sp³-hybridized carbons (Fsp3) is 0.917. The first-order valence-corrected chi connectivity index (χ1v) is 6.08. The number of hydrogen-bond acceptors (Lipinski definition) is 2. The Morgan fingerprint density at radius 1 is 1.21 bits per heavy atom. The van der Waals surface area contributed by atoms with Crippen molar-refractivity contribution in [3.8, 4) is 0 Å². The summed E-state index contributed by atoms with van der Waals surface area (Å²) in [4.78, 5) is 13.9. The molecule has 14 heavy (non-hydrogen) atoms. The van der Waals surface area contributed by atoms with Gasteiger partial charge in [-0.2, -0.15) is 0 Å². The summed E-state index contributed by atoms with van der Waals surface area (Å²) in [6.07, 6.45) is 7.67. The summed E-state index contributed by atoms with van der Waals surface area (Å²) in [6, 6.07) is 0.776. The van der Waals surface area contributed by atoms with Gasteiger partial charge in [0.2, 0.25) is 0 Å². The second kappa shape index (κ2) is 3.34. The topological polar surface area (TPSA) is 20.3 Å². The number of rotatable bonds is 1. The highest BCUT2D eigenvalue weighted by Crippen LogP contribution is 2.46. The van der Waals surface area contributed by atoms with Crippen LogP contribution in [0.15, 0.2) is 0 Å². The van der Waals surface area contributed by atoms with Gasteiger partial charge in [0.1, 0.15) is 5.78 Å². The lowest BCUT2D eigenvalue weighted by Crippen LogP contribution is -2.45. The Bertz CT molecular complexity index is 251. The average Bonchev–Trinajstić information content (AvgIpc) is 2.78. The van der Waals surface area contributed by atoms with Crippen LogP contribution in [0.2, 0.25) is 0 Å². The van der Waals surface area contributed by atoms with E-state index in [1.54, 1.807) is 0 Å². The van der Waals surface area contributed by atoms with Crippen LogP contribution in [0.5, 0.6) is 0 Å². The second-order valence-electron chi connectivity index (χ2n) is 5.35. The zero-order valence-corrected chi connectivity index (χ0v) is 8.74. The molecule has 3 atom stereocenters. The van der Waals surface area contributed by atoms with Crippen LogP contribution in [0.25, 0.3) is 0 Å². The van der Waals surface area contributed by atoms with E-state index < -0.39 is 0 Å². The lowest BCUT2D eigenvalue weighted by Gasteiger charge is -2.36. The Hall–Kier alpha value is -0.370. The van der Waals surface area contributed by atoms with E-state index in [0.29, 0.717) is 5.78 Å². The Morgan fingerprint density at radius 2 is 2.14 bits per heavy atom. The molecule has 0 spiro atoms. The third-order valence-corrected chi connectivity index (χ3v) is 4.45. The van der Waals surface area contributed by atoms with Crippen molar-refractivity contribution in [1.82, 2.24) is 4.90 Å². The number of nitrogens with zero attached hydrogens (tertiary/aromatic N) is 1. The summed E-state index contributed by atoms with van der Waals surface area (Å²) >= 11 is 0. The molecular weight excluding hydrogens is 174 g/mol. The molecule has 3 aliphatic rings. The number of Topliss-reactive ketones (excluding diaryl/α,β-unsaturated/α-hetero) is 1. The van der Waals surface area contributed by atoms with Gasteiger partial charge in [-0.25, -0.2) is 0 Å². The van der Waals surface area contributed by atoms with Crippen molar-refractivity contribution < 1.29 is 4.79 Å². The second-order valence-corrected chi connectivity index (χ2v) is 5.35. The number of fused-ring (bicyclic) bond motifs is 2. The summed E-state index contributed by atoms with van der Waals surface area (Å²) in [5.41, 5.74) is 0. The van der Waals surface area contributed by atoms with Crippen molar-refractivity contribution in [2.24, 2.45) is 11.8 Å². The first kappa shape index (κ1) is 8.90. The van der Waals surface area contributed by atoms with Crippen LogP contribution in [0.3, 0.4) is 0 Å². The van der Waals surface area contributed by atoms with Crippen LogP contribution >= 0.6 is 0 Å². The zero-order valence-electron chi connectivity index (χ0n) is 8.74. The SMILES string of the molecule is O=C1CCCN(C2CC3CCC2C3)C1. The molecule has 2 bridgehead atoms. The summed E-state index contributed by atoms with van der Waals surface area (Å²) in [7, 11) is 0. The minimum absolute atomic E-state index is 0.471. The number of carbonyl (C=O) groups is 1. The van der Waals surface area contributed by atoms with Gasteiger partial charge in [-0.1, -0.05) is 6.42 Å². The van der Waals surface area contributed by atoms with Crippen LogP contribution in [-0.4, -0.2) is 29.8 Å². The van der Waals surface area contributed by atoms with Crippen molar-refractivity contribution in [3.05, 3.63) is 0 Å². The van der Waals surface area contributed by atoms with Crippen molar-refractivity contribution in [3.63, 3.8) is 0 Å². The molecule has 2 saturated carbocycles. The Labute approximate surface area is 85.7 Å². The van der Waals surface area contributed by atoms with Crippen molar-refractivity contribution in [2.75, 3.05) is 13.1 Å². The van der Waals surface area contributed by atoms with Gasteiger partial charge in [-0.05, 0) is 44.1 Å². The number of carbonyl (C=O) groups excluding carboxylic acids is 1. The van der Waals surface area contributed by atoms with Gasteiger partial charge in [-0.15, -0.1) is 0 Å². The molecule has 1 heterocycles. The predicted molar refractivity (Wildman–Crippen MR) is 55.1 cm³/mol. The van der Waals surface area contributed by atoms with Gasteiger partial charge in [0.15, 0.2) is 0 Å². The predicted octanol–water partition coefficient (Wildman–Crippen LogP) is 1.84. The lowest BCUT2D eigenvalue weighted by atomic mass is 9.92. The highest BCUT2D eigenvalue weighted by Gasteiger charge is 2.42. The molecular formula is C12H19NO. The van der Waals surface area contributed by atoms with Gasteiger partial charge >= 0.3 is 0 Å². The molecule has 78 valence electrons. The smallest absolute Gasteiger partial charge is 0.146 e. The molecule has 0 amide bonds. The Balaban J connectivity index is 1.67. The van der Waals surface area contributed by atoms with Gasteiger partial charge in [0.25, 0.3) is 0 Å². The zero-order chi connectivity index (χ0) is 9.54. The molecule has 1 saturated heterocycles. The van der Waals surface area contributed by atoms with Gasteiger partial charge in [0, 0.05) is 12.5 Å². The van der Waals surface area contributed by atoms with E-state index in [1.807, 2.05) is 0 Å². The Kier molecular flexibility index (Phi) is 2.12. The van der Waals surface area contributed by atoms with Crippen LogP contribution < -0.4 is 0 Å². The molecule has 3 fully saturated rings. The van der Waals surface area contributed by atoms with Crippen molar-refractivity contribution >= 4 is 5.78 Å². The molecule has 2 aliphatic carbocycles. The summed E-state index contributed by atoms with van der Waals surface area (Å²) in [5, 5.41) is 0. The van der Waals surface area contributed by atoms with E-state index in [1.165, 1.54) is 32.2 Å². The fourth-order valence-electron chi connectivity index (χ4n) is 3.81. The number of piperidine rings is 1. The van der Waals surface area contributed by atoms with Gasteiger partial charge in [-0.3, -0.25) is 9.69 Å². The monoisotopic (exact) mass is 193 g/mol. The first-order valence-electron chi connectivity index (χ1n) is 6.08. The summed E-state index contributed by atoms with van der Waals surface area (Å²) < 4.78 is 0. The maximum absolute atomic E-state index is 11.4. The molecule has 0 N–H and O–H groups in total. The van der Waals surface area contributed by atoms with Crippen molar-refractivity contribution in [1.29, 1.82) is 0 Å². The largest absolute Gasteiger partial charge is 0.298 e. The van der Waals surface area contributed by atoms with E-state index >= 15 is 0 Å². The quantitative estimate of drug-likeness (QED) is 0.633. The van der Waals surface area contributed by atoms with Crippen LogP contribution in [0, 0.1) is 11.8 Å². The number of ketones is 1. The van der Waals surface area contributed by atoms with E-state index in [-0.39, 0.29) is 0 Å². The molecule has 1 aliphatic heterocycles. The highest BCUT2D eigenvalue weighted by atomic mass is 16.1. The summed E-state index contributed by atoms with van der Waals surface area (Å²) in [6.45, 7) is 1.94. The maximum atomic E-state index is 11.4. The number of likely N-dealkylation sites (tertiary alicyclic amines) is 1. The fourth-order valence-corrected chi connectivity index (χ4v) is 3.81. The molecule has 0 aromatic heterocycles. The van der Waals surface area contributed by atoms with Gasteiger partial charge < -0.3 is 0 Å². The van der Waals surface area contributed by atoms with Crippen LogP contribution in [-0.2, 0) is 4.79 Å². The molecule has 2 heteroatoms. The average molecular weight is 193 g/mol. The molecule has 3 rings (SSSR count). The third-order valence-electron chi connectivity index (χ3n) is 4.45. The van der Waals surface area contributed by atoms with E-state index in [9.17, 15) is 4.79 Å². The summed E-state index contributed by atoms with van der Waals surface area (Å²) in [5.74, 6) is 2.41. The van der Waals surface area contributed by atoms with Crippen LogP contribution in [0.1, 0.15) is 38.5 Å². The van der Waals surface area contributed by atoms with E-state index in [4.69, 9.17) is 0 Å². The van der Waals surface area contributed by atoms with Crippen molar-refractivity contribution in [2.45, 2.75) is 44.6 Å². The standard InChI is InChI=1S/C12H19NO/c14-11-2-1-5-13(8-11)12-7-9-3-4-10(12)6-9/h9-10,12H,1-8H2. The molecule has 0 aromatic carbocycles. The lowest BCUT2D eigenvalue weighted by molar-refractivity contribution is -0.123. The highest BCUT2D eigenvalue weighted by molar-refractivity contribution is 5.81. The third kappa shape index (κ3) is 1.40. The van der Waals surface area contributed by atoms with E-state index in [2.05, 4.69) is 4.90 Å². The first-order chi connectivity index (χ1) is 6.83.